The molecule has 1 fully saturated rings. The van der Waals surface area contributed by atoms with Crippen molar-refractivity contribution in [1.29, 1.82) is 0 Å². The fraction of sp³-hybridized carbons (Fsp3) is 0.727. The van der Waals surface area contributed by atoms with Gasteiger partial charge in [-0.25, -0.2) is 0 Å². The lowest BCUT2D eigenvalue weighted by Crippen LogP contribution is -2.39. The fourth-order valence-electron chi connectivity index (χ4n) is 1.73. The zero-order valence-corrected chi connectivity index (χ0v) is 11.3. The number of anilines is 1. The highest BCUT2D eigenvalue weighted by Gasteiger charge is 2.10. The van der Waals surface area contributed by atoms with Crippen LogP contribution in [0.2, 0.25) is 0 Å². The number of hydrogen-bond acceptors (Lipinski definition) is 6. The first-order valence-corrected chi connectivity index (χ1v) is 6.65. The van der Waals surface area contributed by atoms with Gasteiger partial charge in [-0.2, -0.15) is 4.37 Å². The van der Waals surface area contributed by atoms with Gasteiger partial charge in [0.2, 0.25) is 0 Å². The van der Waals surface area contributed by atoms with Gasteiger partial charge in [0.05, 0.1) is 19.9 Å². The minimum absolute atomic E-state index is 0.838. The van der Waals surface area contributed by atoms with Gasteiger partial charge in [-0.15, -0.1) is 0 Å². The molecule has 96 valence electrons. The molecule has 1 aromatic rings. The molecule has 0 amide bonds. The van der Waals surface area contributed by atoms with Crippen LogP contribution in [-0.4, -0.2) is 61.2 Å². The minimum atomic E-state index is 0.838. The SMILES string of the molecule is CN(C)Cc1cc(NCN2CCOCC2)ns1. The number of aromatic nitrogens is 1. The van der Waals surface area contributed by atoms with Crippen LogP contribution in [0.3, 0.4) is 0 Å². The lowest BCUT2D eigenvalue weighted by atomic mass is 10.4. The van der Waals surface area contributed by atoms with E-state index >= 15 is 0 Å². The molecule has 0 saturated carbocycles. The Bertz CT molecular complexity index is 336. The summed E-state index contributed by atoms with van der Waals surface area (Å²) in [5, 5.41) is 3.36. The average molecular weight is 256 g/mol. The summed E-state index contributed by atoms with van der Waals surface area (Å²) in [6.07, 6.45) is 0. The molecule has 17 heavy (non-hydrogen) atoms. The van der Waals surface area contributed by atoms with Crippen LogP contribution in [0.15, 0.2) is 6.07 Å². The van der Waals surface area contributed by atoms with Crippen molar-refractivity contribution >= 4 is 17.4 Å². The van der Waals surface area contributed by atoms with E-state index < -0.39 is 0 Å². The maximum atomic E-state index is 5.31. The van der Waals surface area contributed by atoms with Gasteiger partial charge in [0.25, 0.3) is 0 Å². The molecular weight excluding hydrogens is 236 g/mol. The van der Waals surface area contributed by atoms with Gasteiger partial charge in [-0.3, -0.25) is 4.90 Å². The maximum Gasteiger partial charge on any atom is 0.140 e. The fourth-order valence-corrected chi connectivity index (χ4v) is 2.55. The van der Waals surface area contributed by atoms with Crippen LogP contribution < -0.4 is 5.32 Å². The third-order valence-electron chi connectivity index (χ3n) is 2.62. The first-order chi connectivity index (χ1) is 8.24. The van der Waals surface area contributed by atoms with Gasteiger partial charge in [0, 0.05) is 24.5 Å². The van der Waals surface area contributed by atoms with Gasteiger partial charge in [0.1, 0.15) is 5.82 Å². The first kappa shape index (κ1) is 12.8. The van der Waals surface area contributed by atoms with Gasteiger partial charge >= 0.3 is 0 Å². The lowest BCUT2D eigenvalue weighted by molar-refractivity contribution is 0.0414. The molecule has 1 aromatic heterocycles. The van der Waals surface area contributed by atoms with Crippen molar-refractivity contribution < 1.29 is 4.74 Å². The van der Waals surface area contributed by atoms with Gasteiger partial charge in [-0.05, 0) is 31.7 Å². The number of ether oxygens (including phenoxy) is 1. The van der Waals surface area contributed by atoms with Gasteiger partial charge in [-0.1, -0.05) is 0 Å². The molecule has 0 aliphatic carbocycles. The molecule has 1 saturated heterocycles. The highest BCUT2D eigenvalue weighted by atomic mass is 32.1. The van der Waals surface area contributed by atoms with E-state index in [4.69, 9.17) is 4.74 Å². The Labute approximate surface area is 107 Å². The molecule has 0 radical (unpaired) electrons. The second kappa shape index (κ2) is 6.30. The quantitative estimate of drug-likeness (QED) is 0.848. The van der Waals surface area contributed by atoms with Crippen molar-refractivity contribution in [3.8, 4) is 0 Å². The summed E-state index contributed by atoms with van der Waals surface area (Å²) in [4.78, 5) is 5.78. The van der Waals surface area contributed by atoms with Crippen LogP contribution in [0.5, 0.6) is 0 Å². The molecule has 2 rings (SSSR count). The topological polar surface area (TPSA) is 40.6 Å². The van der Waals surface area contributed by atoms with E-state index in [0.717, 1.165) is 45.3 Å². The van der Waals surface area contributed by atoms with Crippen LogP contribution in [0.25, 0.3) is 0 Å². The van der Waals surface area contributed by atoms with Crippen molar-refractivity contribution in [3.63, 3.8) is 0 Å². The Morgan fingerprint density at radius 3 is 2.94 bits per heavy atom. The summed E-state index contributed by atoms with van der Waals surface area (Å²) in [6.45, 7) is 5.49. The van der Waals surface area contributed by atoms with E-state index in [-0.39, 0.29) is 0 Å². The monoisotopic (exact) mass is 256 g/mol. The molecule has 2 heterocycles. The number of morpholine rings is 1. The van der Waals surface area contributed by atoms with Crippen LogP contribution in [-0.2, 0) is 11.3 Å². The Balaban J connectivity index is 1.76. The molecule has 0 aromatic carbocycles. The normalized spacial score (nSPS) is 17.6. The lowest BCUT2D eigenvalue weighted by Gasteiger charge is -2.26. The van der Waals surface area contributed by atoms with Crippen molar-refractivity contribution in [3.05, 3.63) is 10.9 Å². The van der Waals surface area contributed by atoms with Crippen molar-refractivity contribution in [2.75, 3.05) is 52.4 Å². The zero-order valence-electron chi connectivity index (χ0n) is 10.5. The molecule has 0 spiro atoms. The Morgan fingerprint density at radius 2 is 2.24 bits per heavy atom. The first-order valence-electron chi connectivity index (χ1n) is 5.88. The molecule has 1 aliphatic heterocycles. The van der Waals surface area contributed by atoms with E-state index in [2.05, 4.69) is 39.7 Å². The third kappa shape index (κ3) is 4.23. The number of rotatable bonds is 5. The Morgan fingerprint density at radius 1 is 1.47 bits per heavy atom. The minimum Gasteiger partial charge on any atom is -0.379 e. The van der Waals surface area contributed by atoms with Crippen molar-refractivity contribution in [2.45, 2.75) is 6.54 Å². The zero-order chi connectivity index (χ0) is 12.1. The molecule has 0 atom stereocenters. The molecule has 1 N–H and O–H groups in total. The van der Waals surface area contributed by atoms with E-state index in [1.807, 2.05) is 0 Å². The summed E-state index contributed by atoms with van der Waals surface area (Å²) < 4.78 is 9.71. The van der Waals surface area contributed by atoms with E-state index in [1.54, 1.807) is 11.5 Å². The second-order valence-electron chi connectivity index (χ2n) is 4.48. The smallest absolute Gasteiger partial charge is 0.140 e. The van der Waals surface area contributed by atoms with Crippen LogP contribution in [0.1, 0.15) is 4.88 Å². The average Bonchev–Trinajstić information content (AvgIpc) is 2.75. The highest BCUT2D eigenvalue weighted by molar-refractivity contribution is 7.06. The summed E-state index contributed by atoms with van der Waals surface area (Å²) in [7, 11) is 4.14. The van der Waals surface area contributed by atoms with Crippen LogP contribution >= 0.6 is 11.5 Å². The highest BCUT2D eigenvalue weighted by Crippen LogP contribution is 2.15. The number of hydrogen-bond donors (Lipinski definition) is 1. The summed E-state index contributed by atoms with van der Waals surface area (Å²) in [6, 6.07) is 2.13. The second-order valence-corrected chi connectivity index (χ2v) is 5.37. The Kier molecular flexibility index (Phi) is 4.73. The number of nitrogens with zero attached hydrogens (tertiary/aromatic N) is 3. The molecule has 1 aliphatic rings. The van der Waals surface area contributed by atoms with E-state index in [9.17, 15) is 0 Å². The predicted molar refractivity (Wildman–Crippen MR) is 70.4 cm³/mol. The van der Waals surface area contributed by atoms with Crippen LogP contribution in [0.4, 0.5) is 5.82 Å². The standard InChI is InChI=1S/C11H20N4OS/c1-14(2)8-10-7-11(13-17-10)12-9-15-3-5-16-6-4-15/h7H,3-6,8-9H2,1-2H3,(H,12,13). The molecule has 6 heteroatoms. The third-order valence-corrected chi connectivity index (χ3v) is 3.39. The molecule has 0 bridgehead atoms. The van der Waals surface area contributed by atoms with Crippen molar-refractivity contribution in [2.24, 2.45) is 0 Å². The molecule has 0 unspecified atom stereocenters. The Hall–Kier alpha value is -0.690. The number of nitrogens with one attached hydrogen (secondary N) is 1. The van der Waals surface area contributed by atoms with Gasteiger partial charge in [0.15, 0.2) is 0 Å². The predicted octanol–water partition coefficient (Wildman–Crippen LogP) is 0.906. The van der Waals surface area contributed by atoms with Crippen LogP contribution in [0, 0.1) is 0 Å². The summed E-state index contributed by atoms with van der Waals surface area (Å²) >= 11 is 1.57. The molecular formula is C11H20N4OS. The maximum absolute atomic E-state index is 5.31. The summed E-state index contributed by atoms with van der Waals surface area (Å²) in [5.41, 5.74) is 0. The van der Waals surface area contributed by atoms with Gasteiger partial charge < -0.3 is 15.0 Å². The largest absolute Gasteiger partial charge is 0.379 e. The van der Waals surface area contributed by atoms with E-state index in [0.29, 0.717) is 0 Å². The van der Waals surface area contributed by atoms with Crippen molar-refractivity contribution in [1.82, 2.24) is 14.2 Å². The van der Waals surface area contributed by atoms with E-state index in [1.165, 1.54) is 4.88 Å². The molecule has 5 nitrogen and oxygen atoms in total. The summed E-state index contributed by atoms with van der Waals surface area (Å²) in [5.74, 6) is 0.985.